The van der Waals surface area contributed by atoms with E-state index in [-0.39, 0.29) is 12.3 Å². The summed E-state index contributed by atoms with van der Waals surface area (Å²) in [4.78, 5) is 24.0. The second-order valence-electron chi connectivity index (χ2n) is 7.03. The van der Waals surface area contributed by atoms with Gasteiger partial charge in [-0.15, -0.1) is 0 Å². The van der Waals surface area contributed by atoms with Gasteiger partial charge in [0.25, 0.3) is 0 Å². The minimum atomic E-state index is -1.07. The van der Waals surface area contributed by atoms with Gasteiger partial charge < -0.3 is 16.2 Å². The van der Waals surface area contributed by atoms with E-state index in [1.807, 2.05) is 0 Å². The van der Waals surface area contributed by atoms with Crippen molar-refractivity contribution >= 4 is 11.9 Å². The van der Waals surface area contributed by atoms with Crippen LogP contribution in [0.2, 0.25) is 0 Å². The van der Waals surface area contributed by atoms with Crippen LogP contribution in [0.1, 0.15) is 71.1 Å². The van der Waals surface area contributed by atoms with Crippen LogP contribution in [0.15, 0.2) is 0 Å². The molecule has 120 valence electrons. The molecule has 5 heteroatoms. The minimum Gasteiger partial charge on any atom is -0.480 e. The van der Waals surface area contributed by atoms with Crippen molar-refractivity contribution in [3.8, 4) is 0 Å². The second-order valence-corrected chi connectivity index (χ2v) is 7.03. The lowest BCUT2D eigenvalue weighted by molar-refractivity contribution is -0.150. The minimum absolute atomic E-state index is 0.197. The van der Waals surface area contributed by atoms with Gasteiger partial charge in [-0.2, -0.15) is 0 Å². The zero-order chi connectivity index (χ0) is 15.5. The number of nitrogens with one attached hydrogen (secondary N) is 1. The monoisotopic (exact) mass is 296 g/mol. The first-order valence-corrected chi connectivity index (χ1v) is 8.22. The molecule has 1 amide bonds. The Bertz CT molecular complexity index is 394. The standard InChI is InChI=1S/C16H28N2O3/c1-2-12-5-9-16(10-6-12,14(20)21)18-13(19)11-15(17)7-3-4-8-15/h12H,2-11,17H2,1H3,(H,18,19)(H,20,21). The molecule has 0 bridgehead atoms. The Morgan fingerprint density at radius 2 is 1.76 bits per heavy atom. The average molecular weight is 296 g/mol. The number of amides is 1. The summed E-state index contributed by atoms with van der Waals surface area (Å²) < 4.78 is 0. The van der Waals surface area contributed by atoms with Crippen LogP contribution in [0.25, 0.3) is 0 Å². The lowest BCUT2D eigenvalue weighted by Gasteiger charge is -2.38. The van der Waals surface area contributed by atoms with Crippen LogP contribution in [0.4, 0.5) is 0 Å². The van der Waals surface area contributed by atoms with Crippen LogP contribution in [0.5, 0.6) is 0 Å². The molecule has 0 saturated heterocycles. The van der Waals surface area contributed by atoms with Crippen molar-refractivity contribution in [2.75, 3.05) is 0 Å². The molecule has 2 aliphatic rings. The molecule has 2 fully saturated rings. The number of aliphatic carboxylic acids is 1. The van der Waals surface area contributed by atoms with Gasteiger partial charge in [0, 0.05) is 12.0 Å². The van der Waals surface area contributed by atoms with Gasteiger partial charge in [-0.3, -0.25) is 4.79 Å². The fraction of sp³-hybridized carbons (Fsp3) is 0.875. The number of carbonyl (C=O) groups is 2. The zero-order valence-electron chi connectivity index (χ0n) is 13.0. The molecule has 0 spiro atoms. The van der Waals surface area contributed by atoms with Gasteiger partial charge in [0.2, 0.25) is 5.91 Å². The molecule has 0 heterocycles. The van der Waals surface area contributed by atoms with Crippen LogP contribution in [0.3, 0.4) is 0 Å². The molecule has 21 heavy (non-hydrogen) atoms. The Morgan fingerprint density at radius 3 is 2.24 bits per heavy atom. The Kier molecular flexibility index (Phi) is 4.91. The summed E-state index contributed by atoms with van der Waals surface area (Å²) in [6.45, 7) is 2.13. The topological polar surface area (TPSA) is 92.4 Å². The van der Waals surface area contributed by atoms with Crippen molar-refractivity contribution in [1.29, 1.82) is 0 Å². The molecule has 2 saturated carbocycles. The average Bonchev–Trinajstić information content (AvgIpc) is 2.85. The van der Waals surface area contributed by atoms with Gasteiger partial charge in [0.1, 0.15) is 5.54 Å². The molecular formula is C16H28N2O3. The number of carboxylic acid groups (broad SMARTS) is 1. The highest BCUT2D eigenvalue weighted by atomic mass is 16.4. The first kappa shape index (κ1) is 16.3. The van der Waals surface area contributed by atoms with Crippen molar-refractivity contribution in [1.82, 2.24) is 5.32 Å². The lowest BCUT2D eigenvalue weighted by Crippen LogP contribution is -2.57. The molecule has 0 aromatic carbocycles. The molecule has 2 aliphatic carbocycles. The number of hydrogen-bond donors (Lipinski definition) is 3. The molecular weight excluding hydrogens is 268 g/mol. The van der Waals surface area contributed by atoms with E-state index in [4.69, 9.17) is 5.73 Å². The zero-order valence-corrected chi connectivity index (χ0v) is 13.0. The van der Waals surface area contributed by atoms with Gasteiger partial charge in [0.05, 0.1) is 0 Å². The SMILES string of the molecule is CCC1CCC(NC(=O)CC2(N)CCCC2)(C(=O)O)CC1. The van der Waals surface area contributed by atoms with E-state index in [2.05, 4.69) is 12.2 Å². The highest BCUT2D eigenvalue weighted by Gasteiger charge is 2.44. The van der Waals surface area contributed by atoms with E-state index in [0.29, 0.717) is 18.8 Å². The fourth-order valence-corrected chi connectivity index (χ4v) is 3.86. The van der Waals surface area contributed by atoms with Crippen molar-refractivity contribution in [2.24, 2.45) is 11.7 Å². The number of hydrogen-bond acceptors (Lipinski definition) is 3. The third-order valence-corrected chi connectivity index (χ3v) is 5.44. The molecule has 0 aromatic heterocycles. The van der Waals surface area contributed by atoms with E-state index in [1.165, 1.54) is 0 Å². The van der Waals surface area contributed by atoms with E-state index in [9.17, 15) is 14.7 Å². The van der Waals surface area contributed by atoms with Crippen molar-refractivity contribution in [3.05, 3.63) is 0 Å². The second kappa shape index (κ2) is 6.34. The quantitative estimate of drug-likeness (QED) is 0.725. The molecule has 0 atom stereocenters. The third-order valence-electron chi connectivity index (χ3n) is 5.44. The predicted molar refractivity (Wildman–Crippen MR) is 80.8 cm³/mol. The molecule has 0 unspecified atom stereocenters. The van der Waals surface area contributed by atoms with Gasteiger partial charge in [-0.25, -0.2) is 4.79 Å². The Hall–Kier alpha value is -1.10. The highest BCUT2D eigenvalue weighted by molar-refractivity contribution is 5.87. The summed E-state index contributed by atoms with van der Waals surface area (Å²) in [5.41, 5.74) is 4.72. The van der Waals surface area contributed by atoms with E-state index < -0.39 is 17.0 Å². The lowest BCUT2D eigenvalue weighted by atomic mass is 9.75. The van der Waals surface area contributed by atoms with Gasteiger partial charge in [0.15, 0.2) is 0 Å². The van der Waals surface area contributed by atoms with Gasteiger partial charge in [-0.1, -0.05) is 26.2 Å². The summed E-state index contributed by atoms with van der Waals surface area (Å²) in [5, 5.41) is 12.4. The fourth-order valence-electron chi connectivity index (χ4n) is 3.86. The van der Waals surface area contributed by atoms with E-state index in [1.54, 1.807) is 0 Å². The maximum Gasteiger partial charge on any atom is 0.329 e. The van der Waals surface area contributed by atoms with Crippen LogP contribution in [-0.4, -0.2) is 28.1 Å². The summed E-state index contributed by atoms with van der Waals surface area (Å²) in [5.74, 6) is -0.510. The smallest absolute Gasteiger partial charge is 0.329 e. The molecule has 0 aliphatic heterocycles. The Morgan fingerprint density at radius 1 is 1.19 bits per heavy atom. The number of nitrogens with two attached hydrogens (primary N) is 1. The summed E-state index contributed by atoms with van der Waals surface area (Å²) in [7, 11) is 0. The van der Waals surface area contributed by atoms with Gasteiger partial charge in [-0.05, 0) is 44.4 Å². The highest BCUT2D eigenvalue weighted by Crippen LogP contribution is 2.35. The van der Waals surface area contributed by atoms with Crippen LogP contribution < -0.4 is 11.1 Å². The summed E-state index contributed by atoms with van der Waals surface area (Å²) in [6, 6.07) is 0. The van der Waals surface area contributed by atoms with E-state index >= 15 is 0 Å². The Labute approximate surface area is 126 Å². The molecule has 0 aromatic rings. The van der Waals surface area contributed by atoms with Crippen molar-refractivity contribution < 1.29 is 14.7 Å². The number of carboxylic acids is 1. The van der Waals surface area contributed by atoms with Crippen LogP contribution in [0, 0.1) is 5.92 Å². The maximum atomic E-state index is 12.3. The first-order chi connectivity index (χ1) is 9.89. The predicted octanol–water partition coefficient (Wildman–Crippen LogP) is 2.19. The molecule has 0 radical (unpaired) electrons. The third kappa shape index (κ3) is 3.76. The normalized spacial score (nSPS) is 31.8. The largest absolute Gasteiger partial charge is 0.480 e. The molecule has 5 nitrogen and oxygen atoms in total. The number of carbonyl (C=O) groups excluding carboxylic acids is 1. The number of rotatable bonds is 5. The summed E-state index contributed by atoms with van der Waals surface area (Å²) in [6.07, 6.45) is 7.98. The molecule has 2 rings (SSSR count). The maximum absolute atomic E-state index is 12.3. The molecule has 4 N–H and O–H groups in total. The Balaban J connectivity index is 1.97. The first-order valence-electron chi connectivity index (χ1n) is 8.22. The van der Waals surface area contributed by atoms with E-state index in [0.717, 1.165) is 44.9 Å². The van der Waals surface area contributed by atoms with Crippen molar-refractivity contribution in [3.63, 3.8) is 0 Å². The van der Waals surface area contributed by atoms with Crippen LogP contribution >= 0.6 is 0 Å². The van der Waals surface area contributed by atoms with Crippen LogP contribution in [-0.2, 0) is 9.59 Å². The van der Waals surface area contributed by atoms with Crippen molar-refractivity contribution in [2.45, 2.75) is 82.2 Å². The summed E-state index contributed by atoms with van der Waals surface area (Å²) >= 11 is 0. The van der Waals surface area contributed by atoms with Gasteiger partial charge >= 0.3 is 5.97 Å².